The first-order chi connectivity index (χ1) is 8.92. The molecule has 8 nitrogen and oxygen atoms in total. The zero-order valence-corrected chi connectivity index (χ0v) is 9.99. The fourth-order valence-corrected chi connectivity index (χ4v) is 1.91. The molecule has 0 bridgehead atoms. The van der Waals surface area contributed by atoms with Crippen LogP contribution < -0.4 is 5.32 Å². The van der Waals surface area contributed by atoms with Crippen LogP contribution >= 0.6 is 0 Å². The first-order valence-electron chi connectivity index (χ1n) is 6.01. The molecule has 18 heavy (non-hydrogen) atoms. The summed E-state index contributed by atoms with van der Waals surface area (Å²) in [6, 6.07) is 3.72. The lowest BCUT2D eigenvalue weighted by molar-refractivity contribution is 0.0398. The Morgan fingerprint density at radius 3 is 3.06 bits per heavy atom. The Balaban J connectivity index is 1.52. The Morgan fingerprint density at radius 2 is 2.17 bits per heavy atom. The van der Waals surface area contributed by atoms with Crippen LogP contribution in [-0.2, 0) is 4.74 Å². The summed E-state index contributed by atoms with van der Waals surface area (Å²) in [5.41, 5.74) is 0.647. The molecule has 1 saturated heterocycles. The van der Waals surface area contributed by atoms with Gasteiger partial charge in [0.1, 0.15) is 5.82 Å². The first-order valence-corrected chi connectivity index (χ1v) is 6.01. The Morgan fingerprint density at radius 1 is 1.28 bits per heavy atom. The minimum absolute atomic E-state index is 0.647. The smallest absolute Gasteiger partial charge is 0.200 e. The molecule has 0 spiro atoms. The molecule has 1 fully saturated rings. The summed E-state index contributed by atoms with van der Waals surface area (Å²) in [5, 5.41) is 18.6. The monoisotopic (exact) mass is 249 g/mol. The average molecular weight is 249 g/mol. The van der Waals surface area contributed by atoms with E-state index in [4.69, 9.17) is 4.74 Å². The zero-order valence-electron chi connectivity index (χ0n) is 9.99. The highest BCUT2D eigenvalue weighted by molar-refractivity contribution is 5.41. The van der Waals surface area contributed by atoms with Crippen LogP contribution in [0.4, 0.5) is 5.82 Å². The van der Waals surface area contributed by atoms with E-state index in [9.17, 15) is 0 Å². The van der Waals surface area contributed by atoms with Gasteiger partial charge in [0.25, 0.3) is 0 Å². The molecule has 0 saturated carbocycles. The molecule has 2 aromatic heterocycles. The van der Waals surface area contributed by atoms with Crippen LogP contribution in [0.1, 0.15) is 0 Å². The molecule has 0 amide bonds. The Labute approximate surface area is 104 Å². The van der Waals surface area contributed by atoms with Crippen molar-refractivity contribution in [2.45, 2.75) is 0 Å². The normalized spacial score (nSPS) is 17.1. The summed E-state index contributed by atoms with van der Waals surface area (Å²) in [7, 11) is 0. The van der Waals surface area contributed by atoms with Gasteiger partial charge in [0.2, 0.25) is 0 Å². The Bertz CT molecular complexity index is 508. The van der Waals surface area contributed by atoms with E-state index < -0.39 is 0 Å². The predicted molar refractivity (Wildman–Crippen MR) is 64.3 cm³/mol. The number of tetrazole rings is 1. The van der Waals surface area contributed by atoms with Gasteiger partial charge >= 0.3 is 0 Å². The standard InChI is InChI=1S/C10H15N7O/c1-2-10-12-14-15-17(10)13-9(1)11-3-4-16-5-7-18-8-6-16/h1-2H,3-8H2,(H,11,13). The number of aromatic nitrogens is 5. The van der Waals surface area contributed by atoms with E-state index in [1.165, 1.54) is 4.63 Å². The van der Waals surface area contributed by atoms with Crippen LogP contribution in [0.25, 0.3) is 5.65 Å². The van der Waals surface area contributed by atoms with E-state index in [1.54, 1.807) is 0 Å². The van der Waals surface area contributed by atoms with Crippen molar-refractivity contribution in [3.8, 4) is 0 Å². The summed E-state index contributed by atoms with van der Waals surface area (Å²) >= 11 is 0. The number of nitrogens with zero attached hydrogens (tertiary/aromatic N) is 6. The zero-order chi connectivity index (χ0) is 12.2. The van der Waals surface area contributed by atoms with Gasteiger partial charge in [-0.25, -0.2) is 0 Å². The van der Waals surface area contributed by atoms with Crippen LogP contribution in [0, 0.1) is 0 Å². The lowest BCUT2D eigenvalue weighted by Gasteiger charge is -2.26. The number of ether oxygens (including phenoxy) is 1. The minimum atomic E-state index is 0.647. The molecule has 0 unspecified atom stereocenters. The molecular weight excluding hydrogens is 234 g/mol. The summed E-state index contributed by atoms with van der Waals surface area (Å²) in [6.45, 7) is 5.49. The highest BCUT2D eigenvalue weighted by atomic mass is 16.5. The van der Waals surface area contributed by atoms with E-state index in [1.807, 2.05) is 12.1 Å². The first kappa shape index (κ1) is 11.3. The number of fused-ring (bicyclic) bond motifs is 1. The van der Waals surface area contributed by atoms with Gasteiger partial charge in [-0.3, -0.25) is 4.90 Å². The van der Waals surface area contributed by atoms with Crippen molar-refractivity contribution in [1.29, 1.82) is 0 Å². The molecule has 1 aliphatic rings. The molecule has 8 heteroatoms. The van der Waals surface area contributed by atoms with Crippen molar-refractivity contribution in [2.24, 2.45) is 0 Å². The topological polar surface area (TPSA) is 80.5 Å². The molecule has 1 N–H and O–H groups in total. The molecule has 0 aromatic carbocycles. The van der Waals surface area contributed by atoms with E-state index in [-0.39, 0.29) is 0 Å². The highest BCUT2D eigenvalue weighted by Crippen LogP contribution is 2.03. The maximum absolute atomic E-state index is 5.30. The van der Waals surface area contributed by atoms with Crippen molar-refractivity contribution < 1.29 is 4.74 Å². The number of anilines is 1. The second-order valence-corrected chi connectivity index (χ2v) is 4.13. The molecule has 3 heterocycles. The van der Waals surface area contributed by atoms with Gasteiger partial charge in [-0.2, -0.15) is 0 Å². The van der Waals surface area contributed by atoms with Crippen LogP contribution in [0.5, 0.6) is 0 Å². The fraction of sp³-hybridized carbons (Fsp3) is 0.600. The van der Waals surface area contributed by atoms with Crippen LogP contribution in [0.2, 0.25) is 0 Å². The van der Waals surface area contributed by atoms with Gasteiger partial charge in [0.15, 0.2) is 5.65 Å². The number of hydrogen-bond acceptors (Lipinski definition) is 7. The summed E-state index contributed by atoms with van der Waals surface area (Å²) in [6.07, 6.45) is 0. The molecule has 0 radical (unpaired) electrons. The molecule has 3 rings (SSSR count). The third kappa shape index (κ3) is 2.54. The lowest BCUT2D eigenvalue weighted by Crippen LogP contribution is -2.39. The largest absolute Gasteiger partial charge is 0.379 e. The number of hydrogen-bond donors (Lipinski definition) is 1. The van der Waals surface area contributed by atoms with Crippen molar-refractivity contribution in [2.75, 3.05) is 44.7 Å². The van der Waals surface area contributed by atoms with E-state index in [0.717, 1.165) is 45.2 Å². The molecule has 2 aromatic rings. The number of nitrogens with one attached hydrogen (secondary N) is 1. The van der Waals surface area contributed by atoms with E-state index >= 15 is 0 Å². The fourth-order valence-electron chi connectivity index (χ4n) is 1.91. The molecular formula is C10H15N7O. The van der Waals surface area contributed by atoms with Crippen molar-refractivity contribution >= 4 is 11.5 Å². The van der Waals surface area contributed by atoms with Gasteiger partial charge in [-0.15, -0.1) is 14.8 Å². The SMILES string of the molecule is c1cc2nnnn2nc1NCCN1CCOCC1. The quantitative estimate of drug-likeness (QED) is 0.764. The third-order valence-corrected chi connectivity index (χ3v) is 2.91. The van der Waals surface area contributed by atoms with E-state index in [0.29, 0.717) is 5.65 Å². The molecule has 0 atom stereocenters. The Kier molecular flexibility index (Phi) is 3.29. The lowest BCUT2D eigenvalue weighted by atomic mass is 10.4. The van der Waals surface area contributed by atoms with Crippen LogP contribution in [0.3, 0.4) is 0 Å². The van der Waals surface area contributed by atoms with Gasteiger partial charge in [-0.05, 0) is 22.6 Å². The average Bonchev–Trinajstić information content (AvgIpc) is 2.87. The summed E-state index contributed by atoms with van der Waals surface area (Å²) in [5.74, 6) is 0.781. The van der Waals surface area contributed by atoms with Gasteiger partial charge < -0.3 is 10.1 Å². The number of rotatable bonds is 4. The van der Waals surface area contributed by atoms with Crippen LogP contribution in [-0.4, -0.2) is 69.5 Å². The van der Waals surface area contributed by atoms with Gasteiger partial charge in [-0.1, -0.05) is 0 Å². The Hall–Kier alpha value is -1.80. The second kappa shape index (κ2) is 5.23. The predicted octanol–water partition coefficient (Wildman–Crippen LogP) is -0.737. The maximum Gasteiger partial charge on any atom is 0.200 e. The second-order valence-electron chi connectivity index (χ2n) is 4.13. The molecule has 0 aliphatic carbocycles. The van der Waals surface area contributed by atoms with Crippen molar-refractivity contribution in [3.05, 3.63) is 12.1 Å². The summed E-state index contributed by atoms with van der Waals surface area (Å²) in [4.78, 5) is 2.37. The third-order valence-electron chi connectivity index (χ3n) is 2.91. The van der Waals surface area contributed by atoms with Gasteiger partial charge in [0.05, 0.1) is 13.2 Å². The van der Waals surface area contributed by atoms with Gasteiger partial charge in [0, 0.05) is 26.2 Å². The number of morpholine rings is 1. The summed E-state index contributed by atoms with van der Waals surface area (Å²) < 4.78 is 6.72. The minimum Gasteiger partial charge on any atom is -0.379 e. The maximum atomic E-state index is 5.30. The van der Waals surface area contributed by atoms with E-state index in [2.05, 4.69) is 30.8 Å². The van der Waals surface area contributed by atoms with Crippen molar-refractivity contribution in [3.63, 3.8) is 0 Å². The highest BCUT2D eigenvalue weighted by Gasteiger charge is 2.09. The molecule has 96 valence electrons. The van der Waals surface area contributed by atoms with Crippen molar-refractivity contribution in [1.82, 2.24) is 30.2 Å². The molecule has 1 aliphatic heterocycles. The van der Waals surface area contributed by atoms with Crippen LogP contribution in [0.15, 0.2) is 12.1 Å².